The van der Waals surface area contributed by atoms with Crippen LogP contribution in [0.3, 0.4) is 0 Å². The highest BCUT2D eigenvalue weighted by atomic mass is 16.4. The fourth-order valence-corrected chi connectivity index (χ4v) is 3.45. The molecule has 8 nitrogen and oxygen atoms in total. The third kappa shape index (κ3) is 2.70. The molecule has 1 aromatic rings. The molecular formula is C13H19N5O3. The Bertz CT molecular complexity index is 518. The third-order valence-corrected chi connectivity index (χ3v) is 4.40. The van der Waals surface area contributed by atoms with Crippen LogP contribution in [0.25, 0.3) is 0 Å². The van der Waals surface area contributed by atoms with Crippen LogP contribution in [0.5, 0.6) is 0 Å². The molecule has 0 spiro atoms. The van der Waals surface area contributed by atoms with Crippen molar-refractivity contribution in [3.8, 4) is 0 Å². The highest BCUT2D eigenvalue weighted by Gasteiger charge is 2.51. The molecule has 1 aromatic heterocycles. The Morgan fingerprint density at radius 1 is 1.38 bits per heavy atom. The SMILES string of the molecule is O=C(O)C1CC2CCC1N2C(=O)NCCCn1ccnn1. The molecule has 0 saturated carbocycles. The Hall–Kier alpha value is -2.12. The number of aliphatic carboxylic acids is 1. The molecule has 114 valence electrons. The van der Waals surface area contributed by atoms with Crippen LogP contribution in [0, 0.1) is 5.92 Å². The lowest BCUT2D eigenvalue weighted by Crippen LogP contribution is -2.44. The highest BCUT2D eigenvalue weighted by molar-refractivity contribution is 5.79. The van der Waals surface area contributed by atoms with E-state index >= 15 is 0 Å². The van der Waals surface area contributed by atoms with E-state index in [1.165, 1.54) is 0 Å². The molecule has 2 fully saturated rings. The van der Waals surface area contributed by atoms with Crippen molar-refractivity contribution in [2.24, 2.45) is 5.92 Å². The largest absolute Gasteiger partial charge is 0.481 e. The van der Waals surface area contributed by atoms with Crippen molar-refractivity contribution in [1.82, 2.24) is 25.2 Å². The Balaban J connectivity index is 1.46. The monoisotopic (exact) mass is 293 g/mol. The molecular weight excluding hydrogens is 274 g/mol. The lowest BCUT2D eigenvalue weighted by Gasteiger charge is -2.23. The summed E-state index contributed by atoms with van der Waals surface area (Å²) in [4.78, 5) is 25.1. The summed E-state index contributed by atoms with van der Waals surface area (Å²) in [5.74, 6) is -1.18. The van der Waals surface area contributed by atoms with Crippen LogP contribution in [-0.2, 0) is 11.3 Å². The van der Waals surface area contributed by atoms with Gasteiger partial charge in [-0.25, -0.2) is 4.79 Å². The van der Waals surface area contributed by atoms with Gasteiger partial charge < -0.3 is 15.3 Å². The second-order valence-electron chi connectivity index (χ2n) is 5.64. The van der Waals surface area contributed by atoms with Gasteiger partial charge in [-0.15, -0.1) is 5.10 Å². The normalized spacial score (nSPS) is 27.0. The topological polar surface area (TPSA) is 100 Å². The minimum absolute atomic E-state index is 0.0893. The maximum Gasteiger partial charge on any atom is 0.317 e. The number of hydrogen-bond acceptors (Lipinski definition) is 4. The zero-order valence-electron chi connectivity index (χ0n) is 11.7. The zero-order valence-corrected chi connectivity index (χ0v) is 11.7. The van der Waals surface area contributed by atoms with Gasteiger partial charge in [-0.3, -0.25) is 9.48 Å². The quantitative estimate of drug-likeness (QED) is 0.761. The second-order valence-corrected chi connectivity index (χ2v) is 5.64. The summed E-state index contributed by atoms with van der Waals surface area (Å²) in [6, 6.07) is -0.181. The van der Waals surface area contributed by atoms with E-state index in [2.05, 4.69) is 15.6 Å². The molecule has 2 aliphatic rings. The molecule has 0 radical (unpaired) electrons. The van der Waals surface area contributed by atoms with Gasteiger partial charge in [-0.2, -0.15) is 0 Å². The molecule has 2 bridgehead atoms. The second kappa shape index (κ2) is 5.71. The molecule has 3 heterocycles. The Morgan fingerprint density at radius 2 is 2.24 bits per heavy atom. The van der Waals surface area contributed by atoms with E-state index in [1.54, 1.807) is 22.0 Å². The number of urea groups is 1. The minimum atomic E-state index is -0.786. The van der Waals surface area contributed by atoms with E-state index in [-0.39, 0.29) is 18.1 Å². The van der Waals surface area contributed by atoms with Crippen LogP contribution in [0.2, 0.25) is 0 Å². The maximum absolute atomic E-state index is 12.2. The van der Waals surface area contributed by atoms with Gasteiger partial charge in [0.15, 0.2) is 0 Å². The van der Waals surface area contributed by atoms with Crippen molar-refractivity contribution < 1.29 is 14.7 Å². The van der Waals surface area contributed by atoms with Gasteiger partial charge in [0.05, 0.1) is 12.1 Å². The van der Waals surface area contributed by atoms with E-state index in [1.807, 2.05) is 0 Å². The van der Waals surface area contributed by atoms with Crippen molar-refractivity contribution in [3.05, 3.63) is 12.4 Å². The van der Waals surface area contributed by atoms with Crippen molar-refractivity contribution in [2.45, 2.75) is 44.3 Å². The molecule has 2 aliphatic heterocycles. The predicted molar refractivity (Wildman–Crippen MR) is 72.4 cm³/mol. The lowest BCUT2D eigenvalue weighted by atomic mass is 9.89. The first-order valence-corrected chi connectivity index (χ1v) is 7.30. The summed E-state index contributed by atoms with van der Waals surface area (Å²) in [6.07, 6.45) is 6.47. The number of carboxylic acid groups (broad SMARTS) is 1. The molecule has 21 heavy (non-hydrogen) atoms. The number of fused-ring (bicyclic) bond motifs is 2. The Morgan fingerprint density at radius 3 is 2.90 bits per heavy atom. The van der Waals surface area contributed by atoms with Gasteiger partial charge in [0.25, 0.3) is 0 Å². The first kappa shape index (κ1) is 13.8. The van der Waals surface area contributed by atoms with E-state index in [0.717, 1.165) is 19.3 Å². The number of carboxylic acids is 1. The van der Waals surface area contributed by atoms with Gasteiger partial charge in [0.2, 0.25) is 0 Å². The fraction of sp³-hybridized carbons (Fsp3) is 0.692. The summed E-state index contributed by atoms with van der Waals surface area (Å²) < 4.78 is 1.71. The summed E-state index contributed by atoms with van der Waals surface area (Å²) in [5.41, 5.74) is 0. The molecule has 0 aliphatic carbocycles. The Kier molecular flexibility index (Phi) is 3.76. The summed E-state index contributed by atoms with van der Waals surface area (Å²) in [6.45, 7) is 1.25. The number of amides is 2. The van der Waals surface area contributed by atoms with E-state index in [4.69, 9.17) is 0 Å². The van der Waals surface area contributed by atoms with Crippen LogP contribution in [0.4, 0.5) is 4.79 Å². The lowest BCUT2D eigenvalue weighted by molar-refractivity contribution is -0.142. The predicted octanol–water partition coefficient (Wildman–Crippen LogP) is 0.315. The van der Waals surface area contributed by atoms with E-state index < -0.39 is 11.9 Å². The fourth-order valence-electron chi connectivity index (χ4n) is 3.45. The summed E-state index contributed by atoms with van der Waals surface area (Å²) in [7, 11) is 0. The minimum Gasteiger partial charge on any atom is -0.481 e. The molecule has 2 N–H and O–H groups in total. The number of carbonyl (C=O) groups excluding carboxylic acids is 1. The number of aromatic nitrogens is 3. The average Bonchev–Trinajstić information content (AvgIpc) is 3.18. The van der Waals surface area contributed by atoms with Crippen LogP contribution >= 0.6 is 0 Å². The van der Waals surface area contributed by atoms with Gasteiger partial charge in [-0.05, 0) is 25.7 Å². The molecule has 3 rings (SSSR count). The molecule has 2 amide bonds. The molecule has 8 heteroatoms. The zero-order chi connectivity index (χ0) is 14.8. The Labute approximate surface area is 122 Å². The summed E-state index contributed by atoms with van der Waals surface area (Å²) in [5, 5.41) is 19.6. The van der Waals surface area contributed by atoms with Crippen LogP contribution in [-0.4, -0.2) is 55.6 Å². The number of rotatable bonds is 5. The molecule has 2 saturated heterocycles. The number of carbonyl (C=O) groups is 2. The highest BCUT2D eigenvalue weighted by Crippen LogP contribution is 2.41. The standard InChI is InChI=1S/C13H19N5O3/c19-12(20)10-8-9-2-3-11(10)18(9)13(21)14-4-1-6-17-7-5-15-16-17/h5,7,9-11H,1-4,6,8H2,(H,14,21)(H,19,20). The first-order valence-electron chi connectivity index (χ1n) is 7.30. The van der Waals surface area contributed by atoms with Crippen LogP contribution in [0.15, 0.2) is 12.4 Å². The van der Waals surface area contributed by atoms with Crippen molar-refractivity contribution in [2.75, 3.05) is 6.54 Å². The van der Waals surface area contributed by atoms with Gasteiger partial charge in [0, 0.05) is 31.4 Å². The van der Waals surface area contributed by atoms with Crippen LogP contribution in [0.1, 0.15) is 25.7 Å². The molecule has 0 aromatic carbocycles. The first-order chi connectivity index (χ1) is 10.2. The van der Waals surface area contributed by atoms with E-state index in [9.17, 15) is 14.7 Å². The number of nitrogens with zero attached hydrogens (tertiary/aromatic N) is 4. The number of aryl methyl sites for hydroxylation is 1. The average molecular weight is 293 g/mol. The van der Waals surface area contributed by atoms with Gasteiger partial charge in [0.1, 0.15) is 0 Å². The molecule has 3 atom stereocenters. The van der Waals surface area contributed by atoms with Crippen molar-refractivity contribution >= 4 is 12.0 Å². The van der Waals surface area contributed by atoms with E-state index in [0.29, 0.717) is 19.5 Å². The molecule has 3 unspecified atom stereocenters. The number of hydrogen-bond donors (Lipinski definition) is 2. The van der Waals surface area contributed by atoms with Crippen LogP contribution < -0.4 is 5.32 Å². The summed E-state index contributed by atoms with van der Waals surface area (Å²) >= 11 is 0. The van der Waals surface area contributed by atoms with Crippen molar-refractivity contribution in [1.29, 1.82) is 0 Å². The van der Waals surface area contributed by atoms with Gasteiger partial charge in [-0.1, -0.05) is 5.21 Å². The number of nitrogens with one attached hydrogen (secondary N) is 1. The maximum atomic E-state index is 12.2. The van der Waals surface area contributed by atoms with Gasteiger partial charge >= 0.3 is 12.0 Å². The van der Waals surface area contributed by atoms with Crippen molar-refractivity contribution in [3.63, 3.8) is 0 Å². The smallest absolute Gasteiger partial charge is 0.317 e. The third-order valence-electron chi connectivity index (χ3n) is 4.40.